The Kier molecular flexibility index (Phi) is 2.08. The van der Waals surface area contributed by atoms with Gasteiger partial charge in [-0.25, -0.2) is 0 Å². The fraction of sp³-hybridized carbons (Fsp3) is 0.667. The van der Waals surface area contributed by atoms with Crippen LogP contribution in [0, 0.1) is 12.0 Å². The third-order valence-corrected chi connectivity index (χ3v) is 3.21. The first-order valence-corrected chi connectivity index (χ1v) is 5.15. The Morgan fingerprint density at radius 2 is 2.08 bits per heavy atom. The first-order valence-electron chi connectivity index (χ1n) is 5.15. The molecule has 0 bridgehead atoms. The molecule has 2 aliphatic rings. The van der Waals surface area contributed by atoms with Crippen molar-refractivity contribution in [2.75, 3.05) is 0 Å². The molecule has 0 heterocycles. The Bertz CT molecular complexity index is 243. The van der Waals surface area contributed by atoms with Gasteiger partial charge >= 0.3 is 0 Å². The van der Waals surface area contributed by atoms with Gasteiger partial charge in [0.2, 0.25) is 0 Å². The summed E-state index contributed by atoms with van der Waals surface area (Å²) in [5.41, 5.74) is 4.77. The van der Waals surface area contributed by atoms with Crippen LogP contribution in [-0.4, -0.2) is 0 Å². The van der Waals surface area contributed by atoms with E-state index in [9.17, 15) is 0 Å². The summed E-state index contributed by atoms with van der Waals surface area (Å²) >= 11 is 0. The van der Waals surface area contributed by atoms with Gasteiger partial charge in [0.15, 0.2) is 0 Å². The number of hydrogen-bond donors (Lipinski definition) is 0. The molecule has 0 aliphatic heterocycles. The first kappa shape index (κ1) is 8.10. The van der Waals surface area contributed by atoms with Crippen molar-refractivity contribution in [3.63, 3.8) is 0 Å². The van der Waals surface area contributed by atoms with Crippen LogP contribution in [0.2, 0.25) is 0 Å². The number of hydrogen-bond acceptors (Lipinski definition) is 0. The second kappa shape index (κ2) is 3.08. The predicted octanol–water partition coefficient (Wildman–Crippen LogP) is 3.65. The Labute approximate surface area is 75.4 Å². The lowest BCUT2D eigenvalue weighted by Gasteiger charge is -2.19. The fourth-order valence-corrected chi connectivity index (χ4v) is 2.60. The molecule has 0 heteroatoms. The Balaban J connectivity index is 2.26. The van der Waals surface area contributed by atoms with E-state index in [1.165, 1.54) is 37.7 Å². The van der Waals surface area contributed by atoms with Crippen molar-refractivity contribution in [2.45, 2.75) is 46.0 Å². The quantitative estimate of drug-likeness (QED) is 0.550. The average Bonchev–Trinajstić information content (AvgIpc) is 2.40. The van der Waals surface area contributed by atoms with Crippen LogP contribution in [0.1, 0.15) is 46.0 Å². The monoisotopic (exact) mass is 161 g/mol. The molecule has 0 saturated carbocycles. The third kappa shape index (κ3) is 1.14. The van der Waals surface area contributed by atoms with Crippen molar-refractivity contribution >= 4 is 0 Å². The number of allylic oxidation sites excluding steroid dienone is 4. The lowest BCUT2D eigenvalue weighted by Crippen LogP contribution is -2.04. The minimum absolute atomic E-state index is 0.764. The SMILES string of the molecule is CCC1C(C)=[C]C2=C1CCCC2. The summed E-state index contributed by atoms with van der Waals surface area (Å²) in [5.74, 6) is 0.764. The van der Waals surface area contributed by atoms with E-state index in [0.717, 1.165) is 5.92 Å². The van der Waals surface area contributed by atoms with Crippen molar-refractivity contribution in [1.82, 2.24) is 0 Å². The standard InChI is InChI=1S/C12H17/c1-3-11-9(2)8-10-6-4-5-7-12(10)11/h11H,3-7H2,1-2H3. The van der Waals surface area contributed by atoms with E-state index in [1.807, 2.05) is 0 Å². The lowest BCUT2D eigenvalue weighted by atomic mass is 9.86. The van der Waals surface area contributed by atoms with E-state index in [0.29, 0.717) is 0 Å². The number of rotatable bonds is 1. The Hall–Kier alpha value is -0.520. The fourth-order valence-electron chi connectivity index (χ4n) is 2.60. The summed E-state index contributed by atoms with van der Waals surface area (Å²) in [7, 11) is 0. The maximum Gasteiger partial charge on any atom is 0.00169 e. The third-order valence-electron chi connectivity index (χ3n) is 3.21. The zero-order chi connectivity index (χ0) is 8.55. The molecule has 1 radical (unpaired) electrons. The summed E-state index contributed by atoms with van der Waals surface area (Å²) in [6.45, 7) is 4.53. The zero-order valence-electron chi connectivity index (χ0n) is 8.11. The van der Waals surface area contributed by atoms with Crippen molar-refractivity contribution < 1.29 is 0 Å². The van der Waals surface area contributed by atoms with E-state index in [4.69, 9.17) is 0 Å². The molecule has 0 N–H and O–H groups in total. The maximum absolute atomic E-state index is 3.55. The van der Waals surface area contributed by atoms with Crippen molar-refractivity contribution in [3.8, 4) is 0 Å². The Morgan fingerprint density at radius 1 is 1.33 bits per heavy atom. The highest BCUT2D eigenvalue weighted by Crippen LogP contribution is 2.40. The van der Waals surface area contributed by atoms with E-state index < -0.39 is 0 Å². The molecule has 1 atom stereocenters. The molecule has 0 aromatic rings. The van der Waals surface area contributed by atoms with Gasteiger partial charge in [0.1, 0.15) is 0 Å². The summed E-state index contributed by atoms with van der Waals surface area (Å²) < 4.78 is 0. The molecular weight excluding hydrogens is 144 g/mol. The van der Waals surface area contributed by atoms with Crippen molar-refractivity contribution in [1.29, 1.82) is 0 Å². The van der Waals surface area contributed by atoms with Crippen molar-refractivity contribution in [2.24, 2.45) is 5.92 Å². The van der Waals surface area contributed by atoms with E-state index >= 15 is 0 Å². The lowest BCUT2D eigenvalue weighted by molar-refractivity contribution is 0.599. The molecule has 0 nitrogen and oxygen atoms in total. The van der Waals surface area contributed by atoms with Crippen LogP contribution in [0.15, 0.2) is 16.7 Å². The van der Waals surface area contributed by atoms with Gasteiger partial charge in [-0.2, -0.15) is 0 Å². The maximum atomic E-state index is 3.55. The van der Waals surface area contributed by atoms with Gasteiger partial charge in [-0.3, -0.25) is 0 Å². The van der Waals surface area contributed by atoms with E-state index in [1.54, 1.807) is 11.1 Å². The normalized spacial score (nSPS) is 28.8. The van der Waals surface area contributed by atoms with Crippen LogP contribution in [0.25, 0.3) is 0 Å². The van der Waals surface area contributed by atoms with Gasteiger partial charge in [-0.15, -0.1) is 0 Å². The largest absolute Gasteiger partial charge is 0.0645 e. The van der Waals surface area contributed by atoms with Crippen molar-refractivity contribution in [3.05, 3.63) is 22.8 Å². The molecule has 0 amide bonds. The van der Waals surface area contributed by atoms with Crippen LogP contribution >= 0.6 is 0 Å². The topological polar surface area (TPSA) is 0 Å². The summed E-state index contributed by atoms with van der Waals surface area (Å²) in [5, 5.41) is 0. The van der Waals surface area contributed by atoms with Gasteiger partial charge in [0, 0.05) is 5.92 Å². The van der Waals surface area contributed by atoms with E-state index in [2.05, 4.69) is 19.9 Å². The second-order valence-electron chi connectivity index (χ2n) is 3.98. The van der Waals surface area contributed by atoms with Crippen LogP contribution in [0.3, 0.4) is 0 Å². The highest BCUT2D eigenvalue weighted by molar-refractivity contribution is 5.38. The smallest absolute Gasteiger partial charge is 0.00169 e. The molecule has 0 aromatic heterocycles. The minimum Gasteiger partial charge on any atom is -0.0645 e. The van der Waals surface area contributed by atoms with Crippen LogP contribution < -0.4 is 0 Å². The molecular formula is C12H17. The highest BCUT2D eigenvalue weighted by Gasteiger charge is 2.25. The summed E-state index contributed by atoms with van der Waals surface area (Å²) in [6.07, 6.45) is 10.3. The zero-order valence-corrected chi connectivity index (χ0v) is 8.11. The predicted molar refractivity (Wildman–Crippen MR) is 51.7 cm³/mol. The van der Waals surface area contributed by atoms with Gasteiger partial charge in [-0.05, 0) is 50.7 Å². The molecule has 12 heavy (non-hydrogen) atoms. The molecule has 0 saturated heterocycles. The van der Waals surface area contributed by atoms with E-state index in [-0.39, 0.29) is 0 Å². The van der Waals surface area contributed by atoms with Crippen LogP contribution in [0.4, 0.5) is 0 Å². The average molecular weight is 161 g/mol. The van der Waals surface area contributed by atoms with Gasteiger partial charge in [0.25, 0.3) is 0 Å². The minimum atomic E-state index is 0.764. The summed E-state index contributed by atoms with van der Waals surface area (Å²) in [6, 6.07) is 0. The van der Waals surface area contributed by atoms with Gasteiger partial charge < -0.3 is 0 Å². The van der Waals surface area contributed by atoms with Crippen LogP contribution in [-0.2, 0) is 0 Å². The molecule has 2 rings (SSSR count). The summed E-state index contributed by atoms with van der Waals surface area (Å²) in [4.78, 5) is 0. The first-order chi connectivity index (χ1) is 5.83. The molecule has 0 fully saturated rings. The molecule has 0 spiro atoms. The highest BCUT2D eigenvalue weighted by atomic mass is 14.3. The Morgan fingerprint density at radius 3 is 2.83 bits per heavy atom. The molecule has 65 valence electrons. The van der Waals surface area contributed by atoms with Gasteiger partial charge in [-0.1, -0.05) is 18.1 Å². The van der Waals surface area contributed by atoms with Crippen LogP contribution in [0.5, 0.6) is 0 Å². The van der Waals surface area contributed by atoms with Gasteiger partial charge in [0.05, 0.1) is 0 Å². The molecule has 2 aliphatic carbocycles. The molecule has 1 unspecified atom stereocenters. The molecule has 0 aromatic carbocycles. The second-order valence-corrected chi connectivity index (χ2v) is 3.98.